The molecule has 0 aliphatic carbocycles. The maximum Gasteiger partial charge on any atom is 0.106 e. The molecule has 0 bridgehead atoms. The Balaban J connectivity index is 1.86. The molecule has 20 heavy (non-hydrogen) atoms. The average molecular weight is 269 g/mol. The first-order valence-corrected chi connectivity index (χ1v) is 6.83. The van der Waals surface area contributed by atoms with Crippen LogP contribution in [0, 0.1) is 20.8 Å². The summed E-state index contributed by atoms with van der Waals surface area (Å²) < 4.78 is 5.59. The molecule has 0 saturated heterocycles. The molecule has 2 aromatic heterocycles. The molecule has 1 unspecified atom stereocenters. The summed E-state index contributed by atoms with van der Waals surface area (Å²) in [6.45, 7) is 8.08. The molecular weight excluding hydrogens is 250 g/mol. The van der Waals surface area contributed by atoms with Crippen LogP contribution in [-0.2, 0) is 0 Å². The highest BCUT2D eigenvalue weighted by Crippen LogP contribution is 2.26. The van der Waals surface area contributed by atoms with Gasteiger partial charge in [0.15, 0.2) is 0 Å². The maximum atomic E-state index is 5.59. The Bertz CT molecular complexity index is 754. The summed E-state index contributed by atoms with van der Waals surface area (Å²) in [6, 6.07) is 8.47. The third-order valence-electron chi connectivity index (χ3n) is 3.53. The van der Waals surface area contributed by atoms with Gasteiger partial charge in [0.25, 0.3) is 0 Å². The number of hydrogen-bond donors (Lipinski definition) is 2. The van der Waals surface area contributed by atoms with Crippen molar-refractivity contribution >= 4 is 16.7 Å². The molecule has 104 valence electrons. The van der Waals surface area contributed by atoms with Gasteiger partial charge in [0.2, 0.25) is 0 Å². The Morgan fingerprint density at radius 2 is 2.00 bits per heavy atom. The summed E-state index contributed by atoms with van der Waals surface area (Å²) >= 11 is 0. The van der Waals surface area contributed by atoms with Crippen LogP contribution in [0.15, 0.2) is 28.7 Å². The second-order valence-corrected chi connectivity index (χ2v) is 5.29. The number of nitrogens with zero attached hydrogens (tertiary/aromatic N) is 1. The summed E-state index contributed by atoms with van der Waals surface area (Å²) in [5.41, 5.74) is 4.33. The van der Waals surface area contributed by atoms with E-state index in [1.165, 1.54) is 5.56 Å². The minimum absolute atomic E-state index is 0.203. The third kappa shape index (κ3) is 2.29. The average Bonchev–Trinajstić information content (AvgIpc) is 2.90. The summed E-state index contributed by atoms with van der Waals surface area (Å²) in [7, 11) is 0. The van der Waals surface area contributed by atoms with Crippen molar-refractivity contribution in [3.05, 3.63) is 47.2 Å². The first kappa shape index (κ1) is 12.8. The first-order chi connectivity index (χ1) is 9.52. The summed E-state index contributed by atoms with van der Waals surface area (Å²) in [4.78, 5) is 7.67. The highest BCUT2D eigenvalue weighted by Gasteiger charge is 2.12. The zero-order valence-electron chi connectivity index (χ0n) is 12.2. The van der Waals surface area contributed by atoms with Crippen molar-refractivity contribution < 1.29 is 4.42 Å². The lowest BCUT2D eigenvalue weighted by Gasteiger charge is -2.14. The Kier molecular flexibility index (Phi) is 3.01. The SMILES string of the molecule is Cc1nc2ccc(NC(C)c3cc(C)oc3C)cc2[nH]1. The molecular formula is C16H19N3O. The molecule has 0 amide bonds. The lowest BCUT2D eigenvalue weighted by Crippen LogP contribution is -2.06. The van der Waals surface area contributed by atoms with Crippen molar-refractivity contribution in [2.24, 2.45) is 0 Å². The fraction of sp³-hybridized carbons (Fsp3) is 0.312. The van der Waals surface area contributed by atoms with E-state index in [1.807, 2.05) is 26.8 Å². The van der Waals surface area contributed by atoms with Crippen LogP contribution in [0.25, 0.3) is 11.0 Å². The Morgan fingerprint density at radius 1 is 1.20 bits per heavy atom. The normalized spacial score (nSPS) is 12.8. The van der Waals surface area contributed by atoms with Gasteiger partial charge in [0.1, 0.15) is 17.3 Å². The van der Waals surface area contributed by atoms with Gasteiger partial charge in [-0.2, -0.15) is 0 Å². The monoisotopic (exact) mass is 269 g/mol. The molecule has 1 atom stereocenters. The molecule has 2 heterocycles. The van der Waals surface area contributed by atoms with E-state index >= 15 is 0 Å². The predicted octanol–water partition coefficient (Wildman–Crippen LogP) is 4.25. The smallest absolute Gasteiger partial charge is 0.106 e. The second-order valence-electron chi connectivity index (χ2n) is 5.29. The maximum absolute atomic E-state index is 5.59. The van der Waals surface area contributed by atoms with E-state index in [0.717, 1.165) is 34.1 Å². The van der Waals surface area contributed by atoms with E-state index < -0.39 is 0 Å². The molecule has 0 spiro atoms. The van der Waals surface area contributed by atoms with Crippen LogP contribution >= 0.6 is 0 Å². The van der Waals surface area contributed by atoms with Gasteiger partial charge in [-0.15, -0.1) is 0 Å². The van der Waals surface area contributed by atoms with E-state index in [0.29, 0.717) is 0 Å². The first-order valence-electron chi connectivity index (χ1n) is 6.83. The minimum atomic E-state index is 0.203. The van der Waals surface area contributed by atoms with Crippen molar-refractivity contribution in [1.29, 1.82) is 0 Å². The number of nitrogens with one attached hydrogen (secondary N) is 2. The third-order valence-corrected chi connectivity index (χ3v) is 3.53. The highest BCUT2D eigenvalue weighted by molar-refractivity contribution is 5.79. The summed E-state index contributed by atoms with van der Waals surface area (Å²) in [6.07, 6.45) is 0. The number of anilines is 1. The van der Waals surface area contributed by atoms with Crippen LogP contribution in [0.4, 0.5) is 5.69 Å². The van der Waals surface area contributed by atoms with Crippen LogP contribution in [0.3, 0.4) is 0 Å². The number of aromatic amines is 1. The Labute approximate surface area is 118 Å². The van der Waals surface area contributed by atoms with Gasteiger partial charge in [-0.3, -0.25) is 0 Å². The lowest BCUT2D eigenvalue weighted by atomic mass is 10.1. The van der Waals surface area contributed by atoms with Crippen molar-refractivity contribution in [2.75, 3.05) is 5.32 Å². The van der Waals surface area contributed by atoms with Crippen molar-refractivity contribution in [1.82, 2.24) is 9.97 Å². The van der Waals surface area contributed by atoms with Crippen molar-refractivity contribution in [2.45, 2.75) is 33.7 Å². The van der Waals surface area contributed by atoms with Crippen LogP contribution in [0.2, 0.25) is 0 Å². The van der Waals surface area contributed by atoms with Crippen LogP contribution < -0.4 is 5.32 Å². The van der Waals surface area contributed by atoms with Gasteiger partial charge in [-0.1, -0.05) is 0 Å². The van der Waals surface area contributed by atoms with E-state index in [4.69, 9.17) is 4.42 Å². The van der Waals surface area contributed by atoms with Crippen LogP contribution in [-0.4, -0.2) is 9.97 Å². The predicted molar refractivity (Wildman–Crippen MR) is 81.1 cm³/mol. The van der Waals surface area contributed by atoms with Gasteiger partial charge in [0, 0.05) is 11.3 Å². The Hall–Kier alpha value is -2.23. The zero-order chi connectivity index (χ0) is 14.3. The van der Waals surface area contributed by atoms with Gasteiger partial charge < -0.3 is 14.7 Å². The zero-order valence-corrected chi connectivity index (χ0v) is 12.2. The number of rotatable bonds is 3. The van der Waals surface area contributed by atoms with E-state index in [-0.39, 0.29) is 6.04 Å². The molecule has 4 nitrogen and oxygen atoms in total. The number of benzene rings is 1. The number of imidazole rings is 1. The lowest BCUT2D eigenvalue weighted by molar-refractivity contribution is 0.500. The highest BCUT2D eigenvalue weighted by atomic mass is 16.3. The fourth-order valence-corrected chi connectivity index (χ4v) is 2.64. The number of hydrogen-bond acceptors (Lipinski definition) is 3. The van der Waals surface area contributed by atoms with E-state index in [9.17, 15) is 0 Å². The number of fused-ring (bicyclic) bond motifs is 1. The largest absolute Gasteiger partial charge is 0.466 e. The molecule has 0 saturated carbocycles. The van der Waals surface area contributed by atoms with Crippen LogP contribution in [0.5, 0.6) is 0 Å². The van der Waals surface area contributed by atoms with Gasteiger partial charge in [-0.25, -0.2) is 4.98 Å². The second kappa shape index (κ2) is 4.71. The standard InChI is InChI=1S/C16H19N3O/c1-9-7-14(11(3)20-9)10(2)17-13-5-6-15-16(8-13)19-12(4)18-15/h5-8,10,17H,1-4H3,(H,18,19). The van der Waals surface area contributed by atoms with Crippen LogP contribution in [0.1, 0.15) is 35.9 Å². The quantitative estimate of drug-likeness (QED) is 0.747. The van der Waals surface area contributed by atoms with Gasteiger partial charge in [0.05, 0.1) is 17.1 Å². The number of aromatic nitrogens is 2. The van der Waals surface area contributed by atoms with E-state index in [2.05, 4.69) is 40.4 Å². The van der Waals surface area contributed by atoms with E-state index in [1.54, 1.807) is 0 Å². The van der Waals surface area contributed by atoms with Crippen molar-refractivity contribution in [3.8, 4) is 0 Å². The molecule has 1 aromatic carbocycles. The number of H-pyrrole nitrogens is 1. The number of aryl methyl sites for hydroxylation is 3. The summed E-state index contributed by atoms with van der Waals surface area (Å²) in [5, 5.41) is 3.51. The van der Waals surface area contributed by atoms with Crippen molar-refractivity contribution in [3.63, 3.8) is 0 Å². The Morgan fingerprint density at radius 3 is 2.70 bits per heavy atom. The molecule has 3 aromatic rings. The molecule has 0 aliphatic heterocycles. The fourth-order valence-electron chi connectivity index (χ4n) is 2.64. The molecule has 2 N–H and O–H groups in total. The molecule has 4 heteroatoms. The van der Waals surface area contributed by atoms with Gasteiger partial charge in [-0.05, 0) is 52.0 Å². The molecule has 0 radical (unpaired) electrons. The summed E-state index contributed by atoms with van der Waals surface area (Å²) in [5.74, 6) is 2.86. The molecule has 0 aliphatic rings. The molecule has 0 fully saturated rings. The molecule has 3 rings (SSSR count). The number of furan rings is 1. The topological polar surface area (TPSA) is 53.9 Å². The van der Waals surface area contributed by atoms with Gasteiger partial charge >= 0.3 is 0 Å². The minimum Gasteiger partial charge on any atom is -0.466 e.